The molecule has 3 aromatic carbocycles. The highest BCUT2D eigenvalue weighted by Gasteiger charge is 2.25. The van der Waals surface area contributed by atoms with Gasteiger partial charge in [-0.05, 0) is 53.0 Å². The molecule has 0 radical (unpaired) electrons. The van der Waals surface area contributed by atoms with Gasteiger partial charge in [0.2, 0.25) is 0 Å². The monoisotopic (exact) mass is 487 g/mol. The number of anilines is 1. The topological polar surface area (TPSA) is 64.0 Å². The van der Waals surface area contributed by atoms with E-state index in [1.807, 2.05) is 92.7 Å². The molecule has 0 aliphatic heterocycles. The Bertz CT molecular complexity index is 1330. The Morgan fingerprint density at radius 3 is 2.19 bits per heavy atom. The molecule has 6 heteroatoms. The van der Waals surface area contributed by atoms with Crippen molar-refractivity contribution in [2.75, 3.05) is 5.32 Å². The number of benzene rings is 3. The molecule has 0 fully saturated rings. The molecule has 0 bridgehead atoms. The molecule has 160 valence electrons. The van der Waals surface area contributed by atoms with E-state index in [4.69, 9.17) is 0 Å². The highest BCUT2D eigenvalue weighted by atomic mass is 79.9. The number of nitrogens with one attached hydrogen (secondary N) is 1. The van der Waals surface area contributed by atoms with Crippen LogP contribution in [-0.4, -0.2) is 15.7 Å². The molecule has 1 amide bonds. The van der Waals surface area contributed by atoms with Crippen molar-refractivity contribution in [2.45, 2.75) is 20.4 Å². The predicted octanol–water partition coefficient (Wildman–Crippen LogP) is 5.92. The zero-order valence-electron chi connectivity index (χ0n) is 17.8. The number of halogens is 1. The fourth-order valence-electron chi connectivity index (χ4n) is 3.59. The molecule has 0 unspecified atom stereocenters. The molecule has 4 rings (SSSR count). The lowest BCUT2D eigenvalue weighted by Gasteiger charge is -2.17. The molecule has 0 saturated carbocycles. The third kappa shape index (κ3) is 4.27. The minimum Gasteiger partial charge on any atom is -0.321 e. The Morgan fingerprint density at radius 1 is 0.969 bits per heavy atom. The quantitative estimate of drug-likeness (QED) is 0.379. The summed E-state index contributed by atoms with van der Waals surface area (Å²) in [5.41, 5.74) is 4.00. The van der Waals surface area contributed by atoms with Gasteiger partial charge >= 0.3 is 0 Å². The Balaban J connectivity index is 1.98. The minimum absolute atomic E-state index is 0.0689. The van der Waals surface area contributed by atoms with E-state index in [1.165, 1.54) is 4.68 Å². The summed E-state index contributed by atoms with van der Waals surface area (Å²) in [6.45, 7) is 4.16. The lowest BCUT2D eigenvalue weighted by Crippen LogP contribution is -2.32. The zero-order chi connectivity index (χ0) is 22.7. The van der Waals surface area contributed by atoms with Crippen molar-refractivity contribution in [3.8, 4) is 22.4 Å². The van der Waals surface area contributed by atoms with Gasteiger partial charge in [0, 0.05) is 22.1 Å². The van der Waals surface area contributed by atoms with Gasteiger partial charge in [0.15, 0.2) is 0 Å². The third-order valence-electron chi connectivity index (χ3n) is 5.16. The predicted molar refractivity (Wildman–Crippen MR) is 132 cm³/mol. The number of aryl methyl sites for hydroxylation is 2. The lowest BCUT2D eigenvalue weighted by molar-refractivity contribution is 0.102. The standard InChI is InChI=1S/C26H22BrN3O2/c1-3-30-26(32)23(25(31)28-21-15-14-17(2)16-20(21)27)22(18-10-6-4-7-11-18)24(29-30)19-12-8-5-9-13-19/h4-16H,3H2,1-2H3,(H,28,31). The smallest absolute Gasteiger partial charge is 0.280 e. The maximum Gasteiger partial charge on any atom is 0.280 e. The van der Waals surface area contributed by atoms with Crippen LogP contribution in [0.15, 0.2) is 88.1 Å². The summed E-state index contributed by atoms with van der Waals surface area (Å²) in [6, 6.07) is 24.7. The molecular formula is C26H22BrN3O2. The Labute approximate surface area is 194 Å². The molecule has 0 saturated heterocycles. The van der Waals surface area contributed by atoms with Crippen LogP contribution in [-0.2, 0) is 6.54 Å². The first-order chi connectivity index (χ1) is 15.5. The molecule has 1 N–H and O–H groups in total. The van der Waals surface area contributed by atoms with Crippen LogP contribution in [0.3, 0.4) is 0 Å². The van der Waals surface area contributed by atoms with Crippen LogP contribution in [0.4, 0.5) is 5.69 Å². The second-order valence-electron chi connectivity index (χ2n) is 7.39. The molecule has 32 heavy (non-hydrogen) atoms. The molecule has 0 aliphatic rings. The normalized spacial score (nSPS) is 10.7. The molecule has 0 spiro atoms. The van der Waals surface area contributed by atoms with Crippen LogP contribution < -0.4 is 10.9 Å². The van der Waals surface area contributed by atoms with Crippen molar-refractivity contribution < 1.29 is 4.79 Å². The van der Waals surface area contributed by atoms with Gasteiger partial charge in [0.1, 0.15) is 5.56 Å². The Kier molecular flexibility index (Phi) is 6.32. The first-order valence-electron chi connectivity index (χ1n) is 10.3. The van der Waals surface area contributed by atoms with Crippen LogP contribution >= 0.6 is 15.9 Å². The molecule has 1 heterocycles. The molecule has 0 aliphatic carbocycles. The Morgan fingerprint density at radius 2 is 1.59 bits per heavy atom. The maximum atomic E-state index is 13.5. The number of carbonyl (C=O) groups is 1. The van der Waals surface area contributed by atoms with Gasteiger partial charge in [0.25, 0.3) is 11.5 Å². The van der Waals surface area contributed by atoms with Gasteiger partial charge in [-0.25, -0.2) is 4.68 Å². The fourth-order valence-corrected chi connectivity index (χ4v) is 4.18. The number of amides is 1. The van der Waals surface area contributed by atoms with E-state index in [9.17, 15) is 9.59 Å². The Hall–Kier alpha value is -3.51. The SMILES string of the molecule is CCn1nc(-c2ccccc2)c(-c2ccccc2)c(C(=O)Nc2ccc(C)cc2Br)c1=O. The average molecular weight is 488 g/mol. The molecule has 1 aromatic heterocycles. The molecule has 0 atom stereocenters. The van der Waals surface area contributed by atoms with E-state index in [1.54, 1.807) is 0 Å². The summed E-state index contributed by atoms with van der Waals surface area (Å²) in [4.78, 5) is 26.9. The van der Waals surface area contributed by atoms with Gasteiger partial charge in [-0.3, -0.25) is 9.59 Å². The van der Waals surface area contributed by atoms with Gasteiger partial charge in [0.05, 0.1) is 11.4 Å². The number of hydrogen-bond donors (Lipinski definition) is 1. The highest BCUT2D eigenvalue weighted by Crippen LogP contribution is 2.33. The summed E-state index contributed by atoms with van der Waals surface area (Å²) in [5.74, 6) is -0.472. The van der Waals surface area contributed by atoms with Crippen molar-refractivity contribution in [3.05, 3.63) is 105 Å². The second kappa shape index (κ2) is 9.32. The van der Waals surface area contributed by atoms with E-state index in [2.05, 4.69) is 26.3 Å². The summed E-state index contributed by atoms with van der Waals surface area (Å²) in [5, 5.41) is 7.54. The van der Waals surface area contributed by atoms with E-state index >= 15 is 0 Å². The lowest BCUT2D eigenvalue weighted by atomic mass is 9.95. The van der Waals surface area contributed by atoms with Crippen molar-refractivity contribution in [3.63, 3.8) is 0 Å². The average Bonchev–Trinajstić information content (AvgIpc) is 2.81. The summed E-state index contributed by atoms with van der Waals surface area (Å²) in [6.07, 6.45) is 0. The largest absolute Gasteiger partial charge is 0.321 e. The van der Waals surface area contributed by atoms with Crippen molar-refractivity contribution >= 4 is 27.5 Å². The second-order valence-corrected chi connectivity index (χ2v) is 8.24. The number of rotatable bonds is 5. The number of hydrogen-bond acceptors (Lipinski definition) is 3. The first-order valence-corrected chi connectivity index (χ1v) is 11.1. The van der Waals surface area contributed by atoms with E-state index in [0.717, 1.165) is 21.2 Å². The molecule has 4 aromatic rings. The van der Waals surface area contributed by atoms with Gasteiger partial charge < -0.3 is 5.32 Å². The summed E-state index contributed by atoms with van der Waals surface area (Å²) >= 11 is 3.50. The van der Waals surface area contributed by atoms with E-state index in [0.29, 0.717) is 23.5 Å². The van der Waals surface area contributed by atoms with Crippen molar-refractivity contribution in [2.24, 2.45) is 0 Å². The number of carbonyl (C=O) groups excluding carboxylic acids is 1. The van der Waals surface area contributed by atoms with Crippen LogP contribution in [0, 0.1) is 6.92 Å². The fraction of sp³-hybridized carbons (Fsp3) is 0.115. The zero-order valence-corrected chi connectivity index (χ0v) is 19.4. The van der Waals surface area contributed by atoms with E-state index < -0.39 is 11.5 Å². The summed E-state index contributed by atoms with van der Waals surface area (Å²) in [7, 11) is 0. The van der Waals surface area contributed by atoms with Gasteiger partial charge in [-0.2, -0.15) is 5.10 Å². The van der Waals surface area contributed by atoms with Crippen LogP contribution in [0.2, 0.25) is 0 Å². The van der Waals surface area contributed by atoms with Gasteiger partial charge in [-0.15, -0.1) is 0 Å². The van der Waals surface area contributed by atoms with Crippen LogP contribution in [0.1, 0.15) is 22.8 Å². The maximum absolute atomic E-state index is 13.5. The van der Waals surface area contributed by atoms with Crippen LogP contribution in [0.5, 0.6) is 0 Å². The first kappa shape index (κ1) is 21.7. The molecule has 5 nitrogen and oxygen atoms in total. The van der Waals surface area contributed by atoms with Gasteiger partial charge in [-0.1, -0.05) is 66.7 Å². The minimum atomic E-state index is -0.472. The molecular weight excluding hydrogens is 466 g/mol. The number of aromatic nitrogens is 2. The number of nitrogens with zero attached hydrogens (tertiary/aromatic N) is 2. The third-order valence-corrected chi connectivity index (χ3v) is 5.82. The van der Waals surface area contributed by atoms with Crippen molar-refractivity contribution in [1.82, 2.24) is 9.78 Å². The highest BCUT2D eigenvalue weighted by molar-refractivity contribution is 9.10. The van der Waals surface area contributed by atoms with E-state index in [-0.39, 0.29) is 5.56 Å². The van der Waals surface area contributed by atoms with Crippen molar-refractivity contribution in [1.29, 1.82) is 0 Å². The summed E-state index contributed by atoms with van der Waals surface area (Å²) < 4.78 is 2.09. The van der Waals surface area contributed by atoms with Crippen LogP contribution in [0.25, 0.3) is 22.4 Å².